The molecule has 0 bridgehead atoms. The number of morpholine rings is 1. The van der Waals surface area contributed by atoms with Crippen LogP contribution < -0.4 is 0 Å². The predicted molar refractivity (Wildman–Crippen MR) is 89.0 cm³/mol. The number of carbonyl (C=O) groups is 2. The van der Waals surface area contributed by atoms with Crippen molar-refractivity contribution in [2.24, 2.45) is 0 Å². The Bertz CT molecular complexity index is 462. The summed E-state index contributed by atoms with van der Waals surface area (Å²) in [5, 5.41) is 0. The average molecular weight is 321 g/mol. The number of piperazine rings is 1. The number of allylic oxidation sites excluding steroid dienone is 3. The molecule has 1 atom stereocenters. The minimum Gasteiger partial charge on any atom is -0.378 e. The molecule has 0 aromatic carbocycles. The van der Waals surface area contributed by atoms with Crippen LogP contribution in [0, 0.1) is 0 Å². The highest BCUT2D eigenvalue weighted by Gasteiger charge is 2.30. The molecule has 0 spiro atoms. The normalized spacial score (nSPS) is 22.0. The maximum Gasteiger partial charge on any atom is 0.246 e. The predicted octanol–water partition coefficient (Wildman–Crippen LogP) is 0.510. The van der Waals surface area contributed by atoms with Crippen LogP contribution in [0.5, 0.6) is 0 Å². The first-order chi connectivity index (χ1) is 11.1. The Hall–Kier alpha value is -1.66. The molecule has 2 amide bonds. The summed E-state index contributed by atoms with van der Waals surface area (Å²) in [6, 6.07) is -0.135. The SMILES string of the molecule is C/C=C/C=C\C(=O)N1CCN([C@@H](C)C(=O)N2CCOCC2)CC1. The van der Waals surface area contributed by atoms with Gasteiger partial charge in [-0.15, -0.1) is 0 Å². The average Bonchev–Trinajstić information content (AvgIpc) is 2.61. The van der Waals surface area contributed by atoms with E-state index in [0.29, 0.717) is 39.4 Å². The van der Waals surface area contributed by atoms with E-state index in [1.165, 1.54) is 0 Å². The third kappa shape index (κ3) is 4.91. The lowest BCUT2D eigenvalue weighted by molar-refractivity contribution is -0.141. The van der Waals surface area contributed by atoms with Crippen molar-refractivity contribution in [3.63, 3.8) is 0 Å². The molecule has 2 aliphatic rings. The van der Waals surface area contributed by atoms with Gasteiger partial charge in [-0.2, -0.15) is 0 Å². The van der Waals surface area contributed by atoms with E-state index in [0.717, 1.165) is 13.1 Å². The maximum absolute atomic E-state index is 12.5. The molecule has 0 unspecified atom stereocenters. The van der Waals surface area contributed by atoms with Crippen molar-refractivity contribution in [3.8, 4) is 0 Å². The molecule has 0 radical (unpaired) electrons. The van der Waals surface area contributed by atoms with Crippen LogP contribution in [0.15, 0.2) is 24.3 Å². The van der Waals surface area contributed by atoms with Crippen LogP contribution in [-0.4, -0.2) is 85.0 Å². The second kappa shape index (κ2) is 8.84. The quantitative estimate of drug-likeness (QED) is 0.559. The van der Waals surface area contributed by atoms with E-state index >= 15 is 0 Å². The lowest BCUT2D eigenvalue weighted by Gasteiger charge is -2.39. The van der Waals surface area contributed by atoms with E-state index in [2.05, 4.69) is 4.90 Å². The van der Waals surface area contributed by atoms with Gasteiger partial charge >= 0.3 is 0 Å². The second-order valence-corrected chi connectivity index (χ2v) is 5.86. The molecule has 2 heterocycles. The highest BCUT2D eigenvalue weighted by atomic mass is 16.5. The van der Waals surface area contributed by atoms with Gasteiger partial charge in [0.15, 0.2) is 0 Å². The third-order valence-electron chi connectivity index (χ3n) is 4.40. The Balaban J connectivity index is 1.81. The summed E-state index contributed by atoms with van der Waals surface area (Å²) in [5.74, 6) is 0.205. The van der Waals surface area contributed by atoms with Crippen LogP contribution in [0.2, 0.25) is 0 Å². The molecule has 0 aromatic rings. The summed E-state index contributed by atoms with van der Waals surface area (Å²) in [7, 11) is 0. The number of ether oxygens (including phenoxy) is 1. The molecule has 2 rings (SSSR count). The number of hydrogen-bond donors (Lipinski definition) is 0. The van der Waals surface area contributed by atoms with Crippen LogP contribution in [-0.2, 0) is 14.3 Å². The van der Waals surface area contributed by atoms with Gasteiger partial charge in [-0.05, 0) is 13.8 Å². The third-order valence-corrected chi connectivity index (χ3v) is 4.40. The zero-order chi connectivity index (χ0) is 16.7. The largest absolute Gasteiger partial charge is 0.378 e. The van der Waals surface area contributed by atoms with Gasteiger partial charge in [0.1, 0.15) is 0 Å². The Kier molecular flexibility index (Phi) is 6.80. The van der Waals surface area contributed by atoms with E-state index in [9.17, 15) is 9.59 Å². The van der Waals surface area contributed by atoms with E-state index in [1.807, 2.05) is 35.8 Å². The van der Waals surface area contributed by atoms with Crippen molar-refractivity contribution in [1.29, 1.82) is 0 Å². The van der Waals surface area contributed by atoms with Crippen LogP contribution in [0.25, 0.3) is 0 Å². The molecule has 0 saturated carbocycles. The Morgan fingerprint density at radius 1 is 0.957 bits per heavy atom. The van der Waals surface area contributed by atoms with E-state index in [-0.39, 0.29) is 17.9 Å². The zero-order valence-electron chi connectivity index (χ0n) is 14.1. The first-order valence-corrected chi connectivity index (χ1v) is 8.32. The second-order valence-electron chi connectivity index (χ2n) is 5.86. The molecular weight excluding hydrogens is 294 g/mol. The Morgan fingerprint density at radius 2 is 1.61 bits per heavy atom. The van der Waals surface area contributed by atoms with Gasteiger partial charge in [0.2, 0.25) is 11.8 Å². The van der Waals surface area contributed by atoms with E-state index in [1.54, 1.807) is 12.2 Å². The molecule has 2 saturated heterocycles. The maximum atomic E-state index is 12.5. The van der Waals surface area contributed by atoms with Crippen molar-refractivity contribution >= 4 is 11.8 Å². The number of carbonyl (C=O) groups excluding carboxylic acids is 2. The number of rotatable bonds is 4. The molecule has 2 aliphatic heterocycles. The lowest BCUT2D eigenvalue weighted by atomic mass is 10.2. The van der Waals surface area contributed by atoms with Gasteiger partial charge in [0.25, 0.3) is 0 Å². The van der Waals surface area contributed by atoms with Gasteiger partial charge in [-0.1, -0.05) is 18.2 Å². The summed E-state index contributed by atoms with van der Waals surface area (Å²) in [5.41, 5.74) is 0. The van der Waals surface area contributed by atoms with Gasteiger partial charge in [-0.3, -0.25) is 14.5 Å². The minimum atomic E-state index is -0.135. The van der Waals surface area contributed by atoms with Crippen LogP contribution in [0.3, 0.4) is 0 Å². The van der Waals surface area contributed by atoms with Crippen molar-refractivity contribution in [1.82, 2.24) is 14.7 Å². The van der Waals surface area contributed by atoms with Gasteiger partial charge in [0.05, 0.1) is 19.3 Å². The topological polar surface area (TPSA) is 53.1 Å². The molecule has 2 fully saturated rings. The van der Waals surface area contributed by atoms with Crippen LogP contribution in [0.1, 0.15) is 13.8 Å². The number of nitrogens with zero attached hydrogens (tertiary/aromatic N) is 3. The standard InChI is InChI=1S/C17H27N3O3/c1-3-4-5-6-16(21)19-9-7-18(8-10-19)15(2)17(22)20-11-13-23-14-12-20/h3-6,15H,7-14H2,1-2H3/b4-3+,6-5-/t15-/m0/s1. The molecule has 6 heteroatoms. The molecule has 0 N–H and O–H groups in total. The van der Waals surface area contributed by atoms with Gasteiger partial charge in [0, 0.05) is 45.3 Å². The van der Waals surface area contributed by atoms with Crippen LogP contribution >= 0.6 is 0 Å². The number of amides is 2. The highest BCUT2D eigenvalue weighted by molar-refractivity contribution is 5.88. The summed E-state index contributed by atoms with van der Waals surface area (Å²) >= 11 is 0. The molecule has 0 aromatic heterocycles. The lowest BCUT2D eigenvalue weighted by Crippen LogP contribution is -2.56. The van der Waals surface area contributed by atoms with Gasteiger partial charge in [-0.25, -0.2) is 0 Å². The smallest absolute Gasteiger partial charge is 0.246 e. The first kappa shape index (κ1) is 17.7. The fourth-order valence-corrected chi connectivity index (χ4v) is 2.89. The summed E-state index contributed by atoms with van der Waals surface area (Å²) < 4.78 is 5.29. The van der Waals surface area contributed by atoms with Crippen molar-refractivity contribution < 1.29 is 14.3 Å². The Labute approximate surface area is 138 Å². The van der Waals surface area contributed by atoms with Crippen molar-refractivity contribution in [2.45, 2.75) is 19.9 Å². The molecule has 128 valence electrons. The summed E-state index contributed by atoms with van der Waals surface area (Å²) in [4.78, 5) is 30.4. The molecule has 0 aliphatic carbocycles. The summed E-state index contributed by atoms with van der Waals surface area (Å²) in [6.07, 6.45) is 7.09. The minimum absolute atomic E-state index is 0.0370. The molecule has 6 nitrogen and oxygen atoms in total. The van der Waals surface area contributed by atoms with Gasteiger partial charge < -0.3 is 14.5 Å². The zero-order valence-corrected chi connectivity index (χ0v) is 14.1. The fraction of sp³-hybridized carbons (Fsp3) is 0.647. The van der Waals surface area contributed by atoms with Crippen LogP contribution in [0.4, 0.5) is 0 Å². The fourth-order valence-electron chi connectivity index (χ4n) is 2.89. The van der Waals surface area contributed by atoms with Crippen molar-refractivity contribution in [3.05, 3.63) is 24.3 Å². The molecule has 23 heavy (non-hydrogen) atoms. The van der Waals surface area contributed by atoms with E-state index < -0.39 is 0 Å². The Morgan fingerprint density at radius 3 is 2.22 bits per heavy atom. The molecular formula is C17H27N3O3. The highest BCUT2D eigenvalue weighted by Crippen LogP contribution is 2.11. The summed E-state index contributed by atoms with van der Waals surface area (Å²) in [6.45, 7) is 9.29. The number of hydrogen-bond acceptors (Lipinski definition) is 4. The van der Waals surface area contributed by atoms with Crippen molar-refractivity contribution in [2.75, 3.05) is 52.5 Å². The van der Waals surface area contributed by atoms with E-state index in [4.69, 9.17) is 4.74 Å². The monoisotopic (exact) mass is 321 g/mol. The first-order valence-electron chi connectivity index (χ1n) is 8.32.